The molecule has 6 nitrogen and oxygen atoms in total. The standard InChI is InChI=1S/C51H27F9N6.C3H6/c52-49(53,54)34-16-19-37-40(25-34)64-43(28-10-4-1-5-11-28)46(61-37)31-22-32(47-44(29-12-6-2-7-13-29)65-41-26-35(50(55,56)57)17-20-38(41)62-47)24-33(23-31)48-45(30-14-8-3-9-15-30)66-42-27-36(51(58,59)60)18-21-39(42)63-48;1-3-2/h1-27H;3H,1H2,2H3. The van der Waals surface area contributed by atoms with E-state index in [0.717, 1.165) is 36.4 Å². The van der Waals surface area contributed by atoms with E-state index in [4.69, 9.17) is 29.9 Å². The molecule has 0 saturated carbocycles. The molecule has 7 aromatic carbocycles. The number of allylic oxidation sites excluding steroid dienone is 1. The first-order valence-electron chi connectivity index (χ1n) is 21.0. The minimum absolute atomic E-state index is 0.0289. The fourth-order valence-electron chi connectivity index (χ4n) is 7.73. The molecule has 3 aromatic heterocycles. The molecule has 0 fully saturated rings. The number of fused-ring (bicyclic) bond motifs is 3. The molecule has 0 aliphatic rings. The van der Waals surface area contributed by atoms with E-state index in [1.54, 1.807) is 115 Å². The molecule has 15 heteroatoms. The topological polar surface area (TPSA) is 77.3 Å². The van der Waals surface area contributed by atoms with Gasteiger partial charge in [0.2, 0.25) is 0 Å². The highest BCUT2D eigenvalue weighted by molar-refractivity contribution is 5.95. The number of aromatic nitrogens is 6. The van der Waals surface area contributed by atoms with Crippen molar-refractivity contribution >= 4 is 33.1 Å². The lowest BCUT2D eigenvalue weighted by atomic mass is 9.93. The first-order chi connectivity index (χ1) is 33.0. The summed E-state index contributed by atoms with van der Waals surface area (Å²) >= 11 is 0. The van der Waals surface area contributed by atoms with Crippen LogP contribution >= 0.6 is 0 Å². The average Bonchev–Trinajstić information content (AvgIpc) is 3.34. The van der Waals surface area contributed by atoms with Gasteiger partial charge in [0, 0.05) is 33.4 Å². The molecule has 0 aliphatic heterocycles. The summed E-state index contributed by atoms with van der Waals surface area (Å²) in [6.45, 7) is 5.25. The fourth-order valence-corrected chi connectivity index (χ4v) is 7.73. The highest BCUT2D eigenvalue weighted by Crippen LogP contribution is 2.43. The second-order valence-corrected chi connectivity index (χ2v) is 15.7. The molecule has 0 unspecified atom stereocenters. The number of halogens is 9. The van der Waals surface area contributed by atoms with E-state index in [9.17, 15) is 39.5 Å². The van der Waals surface area contributed by atoms with E-state index in [1.165, 1.54) is 18.2 Å². The van der Waals surface area contributed by atoms with Gasteiger partial charge in [0.1, 0.15) is 0 Å². The van der Waals surface area contributed by atoms with E-state index < -0.39 is 35.2 Å². The summed E-state index contributed by atoms with van der Waals surface area (Å²) in [6.07, 6.45) is -12.2. The number of benzene rings is 7. The van der Waals surface area contributed by atoms with Crippen molar-refractivity contribution in [3.8, 4) is 67.5 Å². The van der Waals surface area contributed by atoms with Gasteiger partial charge in [0.15, 0.2) is 0 Å². The summed E-state index contributed by atoms with van der Waals surface area (Å²) in [5.41, 5.74) is 1.50. The summed E-state index contributed by atoms with van der Waals surface area (Å²) in [6, 6.07) is 40.4. The second-order valence-electron chi connectivity index (χ2n) is 15.7. The van der Waals surface area contributed by atoms with Crippen molar-refractivity contribution in [1.29, 1.82) is 0 Å². The Morgan fingerprint density at radius 1 is 0.304 bits per heavy atom. The minimum atomic E-state index is -4.66. The van der Waals surface area contributed by atoms with Crippen LogP contribution in [0.15, 0.2) is 176 Å². The van der Waals surface area contributed by atoms with E-state index in [0.29, 0.717) is 33.4 Å². The maximum atomic E-state index is 14.0. The van der Waals surface area contributed by atoms with Crippen LogP contribution in [0.2, 0.25) is 0 Å². The van der Waals surface area contributed by atoms with Crippen molar-refractivity contribution in [1.82, 2.24) is 29.9 Å². The maximum Gasteiger partial charge on any atom is 0.416 e. The Labute approximate surface area is 387 Å². The third kappa shape index (κ3) is 9.48. The van der Waals surface area contributed by atoms with Crippen LogP contribution in [-0.2, 0) is 18.5 Å². The molecule has 10 rings (SSSR count). The van der Waals surface area contributed by atoms with Gasteiger partial charge in [-0.1, -0.05) is 97.1 Å². The van der Waals surface area contributed by atoms with Gasteiger partial charge in [0.05, 0.1) is 84.0 Å². The van der Waals surface area contributed by atoms with Crippen molar-refractivity contribution in [2.45, 2.75) is 25.5 Å². The third-order valence-corrected chi connectivity index (χ3v) is 10.9. The quantitative estimate of drug-likeness (QED) is 0.122. The summed E-state index contributed by atoms with van der Waals surface area (Å²) < 4.78 is 126. The summed E-state index contributed by atoms with van der Waals surface area (Å²) in [7, 11) is 0. The molecule has 0 spiro atoms. The zero-order valence-electron chi connectivity index (χ0n) is 36.0. The lowest BCUT2D eigenvalue weighted by molar-refractivity contribution is -0.138. The normalized spacial score (nSPS) is 12.0. The predicted molar refractivity (Wildman–Crippen MR) is 249 cm³/mol. The average molecular weight is 937 g/mol. The van der Waals surface area contributed by atoms with Gasteiger partial charge in [-0.25, -0.2) is 29.9 Å². The minimum Gasteiger partial charge on any atom is -0.244 e. The molecule has 3 heterocycles. The number of hydrogen-bond acceptors (Lipinski definition) is 6. The van der Waals surface area contributed by atoms with E-state index >= 15 is 0 Å². The van der Waals surface area contributed by atoms with Crippen molar-refractivity contribution in [2.75, 3.05) is 0 Å². The molecule has 0 atom stereocenters. The zero-order chi connectivity index (χ0) is 48.7. The Morgan fingerprint density at radius 2 is 0.522 bits per heavy atom. The summed E-state index contributed by atoms with van der Waals surface area (Å²) in [5.74, 6) is 0. The maximum absolute atomic E-state index is 14.0. The zero-order valence-corrected chi connectivity index (χ0v) is 36.0. The number of alkyl halides is 9. The van der Waals surface area contributed by atoms with Crippen LogP contribution in [0.25, 0.3) is 101 Å². The highest BCUT2D eigenvalue weighted by Gasteiger charge is 2.33. The molecule has 10 aromatic rings. The Balaban J connectivity index is 0.00000193. The largest absolute Gasteiger partial charge is 0.416 e. The molecule has 0 N–H and O–H groups in total. The third-order valence-electron chi connectivity index (χ3n) is 10.9. The molecule has 0 aliphatic carbocycles. The van der Waals surface area contributed by atoms with Gasteiger partial charge in [-0.05, 0) is 79.7 Å². The lowest BCUT2D eigenvalue weighted by Crippen LogP contribution is -2.06. The Hall–Kier alpha value is -8.33. The van der Waals surface area contributed by atoms with Crippen LogP contribution in [0.5, 0.6) is 0 Å². The number of rotatable bonds is 6. The molecule has 342 valence electrons. The van der Waals surface area contributed by atoms with Gasteiger partial charge >= 0.3 is 18.5 Å². The highest BCUT2D eigenvalue weighted by atomic mass is 19.4. The van der Waals surface area contributed by atoms with Crippen molar-refractivity contribution < 1.29 is 39.5 Å². The van der Waals surface area contributed by atoms with Crippen LogP contribution in [0.1, 0.15) is 23.6 Å². The van der Waals surface area contributed by atoms with Crippen LogP contribution < -0.4 is 0 Å². The molecule has 0 bridgehead atoms. The van der Waals surface area contributed by atoms with Gasteiger partial charge in [-0.2, -0.15) is 39.5 Å². The van der Waals surface area contributed by atoms with Crippen molar-refractivity contribution in [3.05, 3.63) is 193 Å². The Kier molecular flexibility index (Phi) is 12.0. The summed E-state index contributed by atoms with van der Waals surface area (Å²) in [4.78, 5) is 29.1. The van der Waals surface area contributed by atoms with E-state index in [1.807, 2.05) is 6.92 Å². The van der Waals surface area contributed by atoms with Gasteiger partial charge < -0.3 is 0 Å². The van der Waals surface area contributed by atoms with E-state index in [-0.39, 0.29) is 67.3 Å². The van der Waals surface area contributed by atoms with Crippen LogP contribution in [0, 0.1) is 0 Å². The SMILES string of the molecule is C=CC.FC(F)(F)c1ccc2nc(-c3cc(-c4nc5ccc(C(F)(F)F)cc5nc4-c4ccccc4)cc(-c4nc5ccc(C(F)(F)F)cc5nc4-c4ccccc4)c3)c(-c3ccccc3)nc2c1. The summed E-state index contributed by atoms with van der Waals surface area (Å²) in [5, 5.41) is 0. The number of hydrogen-bond donors (Lipinski definition) is 0. The monoisotopic (exact) mass is 936 g/mol. The molecule has 0 radical (unpaired) electrons. The van der Waals surface area contributed by atoms with Gasteiger partial charge in [-0.15, -0.1) is 6.58 Å². The van der Waals surface area contributed by atoms with E-state index in [2.05, 4.69) is 6.58 Å². The first-order valence-corrected chi connectivity index (χ1v) is 21.0. The molecule has 0 saturated heterocycles. The first kappa shape index (κ1) is 45.8. The van der Waals surface area contributed by atoms with Crippen molar-refractivity contribution in [2.24, 2.45) is 0 Å². The van der Waals surface area contributed by atoms with Crippen LogP contribution in [0.3, 0.4) is 0 Å². The smallest absolute Gasteiger partial charge is 0.244 e. The number of nitrogens with zero attached hydrogens (tertiary/aromatic N) is 6. The van der Waals surface area contributed by atoms with Gasteiger partial charge in [-0.3, -0.25) is 0 Å². The van der Waals surface area contributed by atoms with Gasteiger partial charge in [0.25, 0.3) is 0 Å². The second kappa shape index (κ2) is 18.1. The molecule has 69 heavy (non-hydrogen) atoms. The fraction of sp³-hybridized carbons (Fsp3) is 0.0741. The Morgan fingerprint density at radius 3 is 0.754 bits per heavy atom. The lowest BCUT2D eigenvalue weighted by Gasteiger charge is -2.17. The van der Waals surface area contributed by atoms with Crippen LogP contribution in [-0.4, -0.2) is 29.9 Å². The Bertz CT molecular complexity index is 3160. The predicted octanol–water partition coefficient (Wildman–Crippen LogP) is 15.8. The molecular weight excluding hydrogens is 904 g/mol. The molecule has 0 amide bonds. The van der Waals surface area contributed by atoms with Crippen LogP contribution in [0.4, 0.5) is 39.5 Å². The molecular formula is C54H33F9N6. The van der Waals surface area contributed by atoms with Crippen molar-refractivity contribution in [3.63, 3.8) is 0 Å².